The standard InChI is InChI=1S/C30H32N4O3/c1-18(2)34-28(35)25-15-19(3)14-24(20(4)31-26-13-9-8-12-23(26)29(36)37-5)27(25)32-30(34)33-16-21-10-6-7-11-22(21)17-33/h6-15,18,20,31H,16-17H2,1-5H3. The van der Waals surface area contributed by atoms with Gasteiger partial charge in [0, 0.05) is 30.4 Å². The Morgan fingerprint density at radius 2 is 1.65 bits per heavy atom. The number of nitrogens with one attached hydrogen (secondary N) is 1. The van der Waals surface area contributed by atoms with Crippen LogP contribution in [0.1, 0.15) is 65.5 Å². The van der Waals surface area contributed by atoms with E-state index in [1.54, 1.807) is 12.1 Å². The third-order valence-electron chi connectivity index (χ3n) is 6.97. The SMILES string of the molecule is COC(=O)c1ccccc1NC(C)c1cc(C)cc2c(=O)n(C(C)C)c(N3Cc4ccccc4C3)nc12. The van der Waals surface area contributed by atoms with E-state index in [9.17, 15) is 9.59 Å². The second-order valence-electron chi connectivity index (χ2n) is 9.96. The van der Waals surface area contributed by atoms with Gasteiger partial charge in [0.05, 0.1) is 29.6 Å². The van der Waals surface area contributed by atoms with Gasteiger partial charge in [0.25, 0.3) is 5.56 Å². The zero-order chi connectivity index (χ0) is 26.3. The van der Waals surface area contributed by atoms with Crippen molar-refractivity contribution in [1.29, 1.82) is 0 Å². The zero-order valence-corrected chi connectivity index (χ0v) is 21.9. The van der Waals surface area contributed by atoms with Gasteiger partial charge in [-0.1, -0.05) is 42.5 Å². The van der Waals surface area contributed by atoms with Crippen LogP contribution < -0.4 is 15.8 Å². The summed E-state index contributed by atoms with van der Waals surface area (Å²) in [5.74, 6) is 0.272. The van der Waals surface area contributed by atoms with Gasteiger partial charge in [0.15, 0.2) is 0 Å². The predicted molar refractivity (Wildman–Crippen MR) is 147 cm³/mol. The zero-order valence-electron chi connectivity index (χ0n) is 21.9. The molecule has 190 valence electrons. The van der Waals surface area contributed by atoms with E-state index in [4.69, 9.17) is 9.72 Å². The second kappa shape index (κ2) is 9.73. The fourth-order valence-electron chi connectivity index (χ4n) is 5.17. The van der Waals surface area contributed by atoms with Gasteiger partial charge in [-0.05, 0) is 62.6 Å². The Kier molecular flexibility index (Phi) is 6.46. The number of carbonyl (C=O) groups excluding carboxylic acids is 1. The number of ether oxygens (including phenoxy) is 1. The topological polar surface area (TPSA) is 76.5 Å². The number of aromatic nitrogens is 2. The first kappa shape index (κ1) is 24.6. The Labute approximate surface area is 216 Å². The lowest BCUT2D eigenvalue weighted by atomic mass is 10.0. The van der Waals surface area contributed by atoms with Crippen molar-refractivity contribution in [3.8, 4) is 0 Å². The highest BCUT2D eigenvalue weighted by Crippen LogP contribution is 2.32. The molecule has 5 rings (SSSR count). The molecule has 4 aromatic rings. The van der Waals surface area contributed by atoms with E-state index in [0.29, 0.717) is 41.2 Å². The number of benzene rings is 3. The molecule has 0 saturated heterocycles. The molecule has 7 heteroatoms. The summed E-state index contributed by atoms with van der Waals surface area (Å²) in [4.78, 5) is 33.6. The molecule has 0 fully saturated rings. The van der Waals surface area contributed by atoms with Crippen molar-refractivity contribution in [2.45, 2.75) is 52.9 Å². The van der Waals surface area contributed by atoms with Crippen molar-refractivity contribution in [3.05, 3.63) is 98.8 Å². The summed E-state index contributed by atoms with van der Waals surface area (Å²) in [6, 6.07) is 19.3. The second-order valence-corrected chi connectivity index (χ2v) is 9.96. The normalized spacial score (nSPS) is 13.6. The maximum absolute atomic E-state index is 13.9. The van der Waals surface area contributed by atoms with E-state index in [-0.39, 0.29) is 17.6 Å². The fraction of sp³-hybridized carbons (Fsp3) is 0.300. The molecule has 7 nitrogen and oxygen atoms in total. The number of para-hydroxylation sites is 1. The fourth-order valence-corrected chi connectivity index (χ4v) is 5.17. The van der Waals surface area contributed by atoms with Crippen LogP contribution in [0.25, 0.3) is 10.9 Å². The predicted octanol–water partition coefficient (Wildman–Crippen LogP) is 5.77. The molecule has 2 heterocycles. The molecule has 1 aliphatic rings. The van der Waals surface area contributed by atoms with Crippen LogP contribution in [0.15, 0.2) is 65.5 Å². The van der Waals surface area contributed by atoms with Crippen LogP contribution >= 0.6 is 0 Å². The average molecular weight is 497 g/mol. The minimum absolute atomic E-state index is 0.0435. The molecule has 37 heavy (non-hydrogen) atoms. The first-order valence-electron chi connectivity index (χ1n) is 12.6. The molecule has 0 spiro atoms. The van der Waals surface area contributed by atoms with Gasteiger partial charge in [-0.25, -0.2) is 9.78 Å². The lowest BCUT2D eigenvalue weighted by Gasteiger charge is -2.26. The van der Waals surface area contributed by atoms with Gasteiger partial charge in [0.2, 0.25) is 5.95 Å². The Bertz CT molecular complexity index is 1530. The quantitative estimate of drug-likeness (QED) is 0.342. The van der Waals surface area contributed by atoms with E-state index in [1.807, 2.05) is 62.6 Å². The molecular weight excluding hydrogens is 464 g/mol. The maximum atomic E-state index is 13.9. The van der Waals surface area contributed by atoms with Crippen LogP contribution in [0.4, 0.5) is 11.6 Å². The van der Waals surface area contributed by atoms with Crippen LogP contribution in [-0.4, -0.2) is 22.6 Å². The molecule has 0 radical (unpaired) electrons. The number of fused-ring (bicyclic) bond motifs is 2. The smallest absolute Gasteiger partial charge is 0.339 e. The number of hydrogen-bond donors (Lipinski definition) is 1. The minimum Gasteiger partial charge on any atom is -0.465 e. The molecule has 0 saturated carbocycles. The van der Waals surface area contributed by atoms with E-state index >= 15 is 0 Å². The van der Waals surface area contributed by atoms with Crippen LogP contribution in [0, 0.1) is 6.92 Å². The number of esters is 1. The summed E-state index contributed by atoms with van der Waals surface area (Å²) in [7, 11) is 1.37. The van der Waals surface area contributed by atoms with Gasteiger partial charge < -0.3 is 15.0 Å². The van der Waals surface area contributed by atoms with Crippen LogP contribution in [0.2, 0.25) is 0 Å². The highest BCUT2D eigenvalue weighted by molar-refractivity contribution is 5.95. The van der Waals surface area contributed by atoms with Crippen molar-refractivity contribution >= 4 is 28.5 Å². The number of methoxy groups -OCH3 is 1. The summed E-state index contributed by atoms with van der Waals surface area (Å²) in [5, 5.41) is 4.05. The van der Waals surface area contributed by atoms with E-state index < -0.39 is 5.97 Å². The molecule has 1 aromatic heterocycles. The first-order valence-corrected chi connectivity index (χ1v) is 12.6. The molecule has 3 aromatic carbocycles. The molecule has 1 N–H and O–H groups in total. The number of hydrogen-bond acceptors (Lipinski definition) is 6. The number of rotatable bonds is 6. The Morgan fingerprint density at radius 1 is 1.00 bits per heavy atom. The Balaban J connectivity index is 1.64. The molecule has 1 atom stereocenters. The average Bonchev–Trinajstić information content (AvgIpc) is 3.32. The Hall–Kier alpha value is -4.13. The third kappa shape index (κ3) is 4.46. The van der Waals surface area contributed by atoms with Gasteiger partial charge in [-0.3, -0.25) is 9.36 Å². The third-order valence-corrected chi connectivity index (χ3v) is 6.97. The van der Waals surface area contributed by atoms with Crippen molar-refractivity contribution in [1.82, 2.24) is 9.55 Å². The van der Waals surface area contributed by atoms with Gasteiger partial charge in [-0.15, -0.1) is 0 Å². The molecule has 0 amide bonds. The summed E-state index contributed by atoms with van der Waals surface area (Å²) in [6.07, 6.45) is 0. The van der Waals surface area contributed by atoms with Gasteiger partial charge in [-0.2, -0.15) is 0 Å². The number of carbonyl (C=O) groups is 1. The van der Waals surface area contributed by atoms with E-state index in [2.05, 4.69) is 28.4 Å². The molecule has 0 bridgehead atoms. The minimum atomic E-state index is -0.404. The van der Waals surface area contributed by atoms with Crippen molar-refractivity contribution in [2.75, 3.05) is 17.3 Å². The highest BCUT2D eigenvalue weighted by atomic mass is 16.5. The largest absolute Gasteiger partial charge is 0.465 e. The Morgan fingerprint density at radius 3 is 2.30 bits per heavy atom. The van der Waals surface area contributed by atoms with Crippen LogP contribution in [0.5, 0.6) is 0 Å². The lowest BCUT2D eigenvalue weighted by Crippen LogP contribution is -2.31. The van der Waals surface area contributed by atoms with Crippen LogP contribution in [0.3, 0.4) is 0 Å². The van der Waals surface area contributed by atoms with Crippen molar-refractivity contribution < 1.29 is 9.53 Å². The number of anilines is 2. The van der Waals surface area contributed by atoms with E-state index in [0.717, 1.165) is 11.1 Å². The summed E-state index contributed by atoms with van der Waals surface area (Å²) >= 11 is 0. The van der Waals surface area contributed by atoms with E-state index in [1.165, 1.54) is 18.2 Å². The molecule has 0 aliphatic carbocycles. The van der Waals surface area contributed by atoms with Crippen molar-refractivity contribution in [3.63, 3.8) is 0 Å². The molecule has 1 aliphatic heterocycles. The summed E-state index contributed by atoms with van der Waals surface area (Å²) in [6.45, 7) is 9.47. The lowest BCUT2D eigenvalue weighted by molar-refractivity contribution is 0.0602. The summed E-state index contributed by atoms with van der Waals surface area (Å²) < 4.78 is 6.77. The van der Waals surface area contributed by atoms with Gasteiger partial charge >= 0.3 is 5.97 Å². The van der Waals surface area contributed by atoms with Gasteiger partial charge in [0.1, 0.15) is 0 Å². The number of aryl methyl sites for hydroxylation is 1. The first-order chi connectivity index (χ1) is 17.8. The molecule has 1 unspecified atom stereocenters. The maximum Gasteiger partial charge on any atom is 0.339 e. The molecular formula is C30H32N4O3. The highest BCUT2D eigenvalue weighted by Gasteiger charge is 2.26. The monoisotopic (exact) mass is 496 g/mol. The van der Waals surface area contributed by atoms with Crippen LogP contribution in [-0.2, 0) is 17.8 Å². The number of nitrogens with zero attached hydrogens (tertiary/aromatic N) is 3. The summed E-state index contributed by atoms with van der Waals surface area (Å²) in [5.41, 5.74) is 6.15. The van der Waals surface area contributed by atoms with Crippen molar-refractivity contribution in [2.24, 2.45) is 0 Å².